The molecule has 31 heteroatoms. The third-order valence-corrected chi connectivity index (χ3v) is 26.5. The van der Waals surface area contributed by atoms with Gasteiger partial charge in [-0.15, -0.1) is 86.1 Å². The summed E-state index contributed by atoms with van der Waals surface area (Å²) in [4.78, 5) is 80.0. The van der Waals surface area contributed by atoms with E-state index in [4.69, 9.17) is 52.6 Å². The van der Waals surface area contributed by atoms with Gasteiger partial charge in [0.15, 0.2) is 23.3 Å². The van der Waals surface area contributed by atoms with Gasteiger partial charge in [0.1, 0.15) is 78.7 Å². The summed E-state index contributed by atoms with van der Waals surface area (Å²) in [5.41, 5.74) is 16.6. The topological polar surface area (TPSA) is 287 Å². The third-order valence-electron chi connectivity index (χ3n) is 21.2. The second kappa shape index (κ2) is 37.5. The highest BCUT2D eigenvalue weighted by atomic mass is 35.5. The van der Waals surface area contributed by atoms with Crippen LogP contribution in [0.25, 0.3) is 20.0 Å². The molecule has 0 radical (unpaired) electrons. The SMILES string of the molecule is CC(=O)N(C)C[C@@H]1N=C(c2ccc(Cl)cc2)c2c(sc(C)c2C)-n2c(C)nnc21.CC(=O)NC[C@@H]1N=C(c2ccc(Cl)cc2)c2c(sc(C)c2C)-n2c(C)nnc21.Cc1ccccc1.Cc1sc2c(c1C)C(c1ccccc1)=N[C@@H](CC(=O)OC(C)(C)C)c1nnc(C)n1-2.Cc1sc2c(c1C)C(c1cccnc1)=N[C@@H](CC(=O)OC(C)(C)C)c1nnc(C)n1-2. The molecule has 0 bridgehead atoms. The number of fused-ring (bicyclic) bond motifs is 12. The molecule has 0 unspecified atom stereocenters. The smallest absolute Gasteiger partial charge is 0.308 e. The summed E-state index contributed by atoms with van der Waals surface area (Å²) in [7, 11) is 1.78. The Morgan fingerprint density at radius 3 is 1.05 bits per heavy atom. The number of likely N-dealkylation sites (N-methyl/N-ethyl adjacent to an activating group) is 1. The average molecular weight is 1780 g/mol. The lowest BCUT2D eigenvalue weighted by molar-refractivity contribution is -0.156. The van der Waals surface area contributed by atoms with Crippen molar-refractivity contribution in [3.05, 3.63) is 282 Å². The van der Waals surface area contributed by atoms with Crippen LogP contribution in [0.2, 0.25) is 10.0 Å². The number of nitrogens with zero attached hydrogens (tertiary/aromatic N) is 18. The van der Waals surface area contributed by atoms with Crippen molar-refractivity contribution in [2.75, 3.05) is 20.1 Å². The first-order valence-corrected chi connectivity index (χ1v) is 44.7. The van der Waals surface area contributed by atoms with Crippen LogP contribution >= 0.6 is 68.5 Å². The molecule has 0 spiro atoms. The first-order chi connectivity index (χ1) is 58.8. The summed E-state index contributed by atoms with van der Waals surface area (Å²) in [5.74, 6) is 5.26. The Labute approximate surface area is 748 Å². The van der Waals surface area contributed by atoms with Crippen LogP contribution in [0.5, 0.6) is 0 Å². The lowest BCUT2D eigenvalue weighted by atomic mass is 10.00. The number of aliphatic imine (C=N–C) groups is 4. The van der Waals surface area contributed by atoms with Crippen molar-refractivity contribution >= 4 is 115 Å². The van der Waals surface area contributed by atoms with Gasteiger partial charge in [0, 0.05) is 120 Å². The molecule has 4 atom stereocenters. The normalized spacial score (nSPS) is 15.2. The molecule has 9 aromatic heterocycles. The molecule has 4 aliphatic rings. The molecule has 25 nitrogen and oxygen atoms in total. The van der Waals surface area contributed by atoms with Crippen molar-refractivity contribution in [2.45, 2.75) is 194 Å². The maximum Gasteiger partial charge on any atom is 0.308 e. The van der Waals surface area contributed by atoms with Gasteiger partial charge in [0.25, 0.3) is 0 Å². The van der Waals surface area contributed by atoms with Gasteiger partial charge < -0.3 is 19.7 Å². The number of rotatable bonds is 12. The number of benzene rings is 4. The molecule has 4 aromatic carbocycles. The van der Waals surface area contributed by atoms with Crippen LogP contribution in [0.15, 0.2) is 154 Å². The van der Waals surface area contributed by atoms with E-state index in [-0.39, 0.29) is 48.7 Å². The van der Waals surface area contributed by atoms with E-state index in [2.05, 4.69) is 151 Å². The summed E-state index contributed by atoms with van der Waals surface area (Å²) in [6.45, 7) is 41.8. The predicted octanol–water partition coefficient (Wildman–Crippen LogP) is 19.4. The van der Waals surface area contributed by atoms with Crippen molar-refractivity contribution < 1.29 is 28.7 Å². The Morgan fingerprint density at radius 2 is 0.726 bits per heavy atom. The zero-order valence-electron chi connectivity index (χ0n) is 73.7. The fraction of sp³-hybridized carbons (Fsp3) is 0.344. The number of carbonyl (C=O) groups excluding carboxylic acids is 4. The number of aryl methyl sites for hydroxylation is 9. The summed E-state index contributed by atoms with van der Waals surface area (Å²) in [6, 6.07) is 38.0. The fourth-order valence-electron chi connectivity index (χ4n) is 14.6. The maximum absolute atomic E-state index is 12.7. The average Bonchev–Trinajstić information content (AvgIpc) is 1.73. The number of hydrogen-bond donors (Lipinski definition) is 1. The van der Waals surface area contributed by atoms with Crippen LogP contribution in [0.1, 0.15) is 231 Å². The lowest BCUT2D eigenvalue weighted by Gasteiger charge is -2.21. The second-order valence-electron chi connectivity index (χ2n) is 32.8. The summed E-state index contributed by atoms with van der Waals surface area (Å²) < 4.78 is 19.4. The van der Waals surface area contributed by atoms with E-state index in [1.165, 1.54) is 48.7 Å². The van der Waals surface area contributed by atoms with E-state index in [0.717, 1.165) is 128 Å². The minimum atomic E-state index is -0.562. The van der Waals surface area contributed by atoms with Crippen LogP contribution in [0.3, 0.4) is 0 Å². The third kappa shape index (κ3) is 19.7. The zero-order chi connectivity index (χ0) is 89.2. The van der Waals surface area contributed by atoms with Gasteiger partial charge in [-0.1, -0.05) is 114 Å². The zero-order valence-corrected chi connectivity index (χ0v) is 78.5. The number of hydrogen-bond acceptors (Lipinski definition) is 23. The Balaban J connectivity index is 0.000000138. The van der Waals surface area contributed by atoms with Gasteiger partial charge in [0.05, 0.1) is 35.7 Å². The molecule has 13 heterocycles. The maximum atomic E-state index is 12.7. The van der Waals surface area contributed by atoms with Gasteiger partial charge in [-0.25, -0.2) is 0 Å². The number of thiophene rings is 4. The van der Waals surface area contributed by atoms with Gasteiger partial charge in [-0.05, 0) is 190 Å². The van der Waals surface area contributed by atoms with Gasteiger partial charge in [-0.3, -0.25) is 62.4 Å². The highest BCUT2D eigenvalue weighted by Gasteiger charge is 2.39. The molecule has 0 aliphatic carbocycles. The Kier molecular flexibility index (Phi) is 27.3. The number of aromatic nitrogens is 13. The van der Waals surface area contributed by atoms with E-state index in [1.54, 1.807) is 76.6 Å². The predicted molar refractivity (Wildman–Crippen MR) is 495 cm³/mol. The molecule has 2 amide bonds. The molecule has 13 aromatic rings. The van der Waals surface area contributed by atoms with Crippen molar-refractivity contribution in [2.24, 2.45) is 20.0 Å². The van der Waals surface area contributed by atoms with Gasteiger partial charge >= 0.3 is 11.9 Å². The van der Waals surface area contributed by atoms with Crippen molar-refractivity contribution in [1.82, 2.24) is 74.3 Å². The molecule has 0 saturated carbocycles. The lowest BCUT2D eigenvalue weighted by Crippen LogP contribution is -2.29. The first kappa shape index (κ1) is 90.3. The van der Waals surface area contributed by atoms with Crippen molar-refractivity contribution in [3.8, 4) is 20.0 Å². The highest BCUT2D eigenvalue weighted by molar-refractivity contribution is 7.16. The summed E-state index contributed by atoms with van der Waals surface area (Å²) in [6.07, 6.45) is 3.74. The minimum Gasteiger partial charge on any atom is -0.460 e. The van der Waals surface area contributed by atoms with Crippen LogP contribution in [-0.2, 0) is 28.7 Å². The molecule has 0 fully saturated rings. The molecule has 0 saturated heterocycles. The fourth-order valence-corrected chi connectivity index (χ4v) is 19.8. The molecule has 124 heavy (non-hydrogen) atoms. The molecule has 17 rings (SSSR count). The van der Waals surface area contributed by atoms with E-state index < -0.39 is 23.3 Å². The van der Waals surface area contributed by atoms with Crippen LogP contribution in [0, 0.1) is 90.0 Å². The Bertz CT molecular complexity index is 6110. The highest BCUT2D eigenvalue weighted by Crippen LogP contribution is 2.45. The molecule has 1 N–H and O–H groups in total. The first-order valence-electron chi connectivity index (χ1n) is 40.7. The number of carbonyl (C=O) groups is 4. The van der Waals surface area contributed by atoms with Crippen LogP contribution < -0.4 is 5.32 Å². The number of esters is 2. The van der Waals surface area contributed by atoms with E-state index >= 15 is 0 Å². The van der Waals surface area contributed by atoms with E-state index in [1.807, 2.05) is 171 Å². The van der Waals surface area contributed by atoms with Crippen LogP contribution in [0.4, 0.5) is 0 Å². The molecular formula is C93H101Cl2N19O6S4. The number of amides is 2. The molecular weight excluding hydrogens is 1680 g/mol. The largest absolute Gasteiger partial charge is 0.460 e. The summed E-state index contributed by atoms with van der Waals surface area (Å²) in [5, 5.41) is 43.3. The quantitative estimate of drug-likeness (QED) is 0.111. The summed E-state index contributed by atoms with van der Waals surface area (Å²) >= 11 is 19.0. The molecule has 642 valence electrons. The Hall–Kier alpha value is -11.5. The van der Waals surface area contributed by atoms with Gasteiger partial charge in [0.2, 0.25) is 11.8 Å². The van der Waals surface area contributed by atoms with E-state index in [9.17, 15) is 19.2 Å². The molecule has 4 aliphatic heterocycles. The number of pyridine rings is 1. The number of nitrogens with one attached hydrogen (secondary N) is 1. The van der Waals surface area contributed by atoms with Gasteiger partial charge in [-0.2, -0.15) is 0 Å². The van der Waals surface area contributed by atoms with E-state index in [0.29, 0.717) is 34.8 Å². The monoisotopic (exact) mass is 1780 g/mol. The number of halogens is 2. The Morgan fingerprint density at radius 1 is 0.411 bits per heavy atom. The second-order valence-corrected chi connectivity index (χ2v) is 38.5. The van der Waals surface area contributed by atoms with Crippen molar-refractivity contribution in [3.63, 3.8) is 0 Å². The minimum absolute atomic E-state index is 0.0120. The van der Waals surface area contributed by atoms with Crippen molar-refractivity contribution in [1.29, 1.82) is 0 Å². The standard InChI is InChI=1S/C23H26N4O2S.C22H25N5O2S.C21H22ClN5OS.C20H20ClN5OS.C7H8/c1-13-14(2)30-22-19(13)20(16-10-8-7-9-11-16)24-17(12-18(28)29-23(4,5)6)21-26-25-15(3)27(21)22;1-12-13(2)30-21-18(12)19(15-8-7-9-23-11-15)24-16(10-17(28)29-22(4,5)6)20-26-25-14(3)27(20)21;1-11-12(2)29-21-18(11)19(15-6-8-16(22)9-7-15)23-17(10-26(5)14(4)28)20-25-24-13(3)27(20)21;1-10-11(2)28-20-17(10)18(14-5-7-15(21)8-6-14)23-16(9-22-13(4)27)19-25-24-12(3)26(19)20;1-7-5-3-2-4-6-7/h7-11,17H,12H2,1-6H3;7-9,11,16H,10H2,1-6H3;6-9,17H,10H2,1-5H3;5-8,16H,9H2,1-4H3,(H,22,27);2-6H,1H3/t17-;16-;17-;16-;/m0000./s1. The van der Waals surface area contributed by atoms with Crippen LogP contribution in [-0.4, -0.2) is 147 Å². The number of ether oxygens (including phenoxy) is 2.